The average Bonchev–Trinajstić information content (AvgIpc) is 2.65. The Morgan fingerprint density at radius 1 is 1.56 bits per heavy atom. The minimum Gasteiger partial charge on any atom is -0.383 e. The average molecular weight is 242 g/mol. The lowest BCUT2D eigenvalue weighted by Crippen LogP contribution is -2.34. The van der Waals surface area contributed by atoms with Gasteiger partial charge in [0.05, 0.1) is 17.8 Å². The van der Waals surface area contributed by atoms with Crippen LogP contribution in [0, 0.1) is 6.92 Å². The molecule has 1 N–H and O–H groups in total. The summed E-state index contributed by atoms with van der Waals surface area (Å²) in [7, 11) is 1.76. The fourth-order valence-corrected chi connectivity index (χ4v) is 2.53. The second-order valence-electron chi connectivity index (χ2n) is 4.01. The van der Waals surface area contributed by atoms with Gasteiger partial charge in [-0.3, -0.25) is 0 Å². The molecule has 3 nitrogen and oxygen atoms in total. The van der Waals surface area contributed by atoms with Crippen molar-refractivity contribution in [2.75, 3.05) is 20.3 Å². The van der Waals surface area contributed by atoms with Crippen LogP contribution in [-0.2, 0) is 11.2 Å². The first-order valence-corrected chi connectivity index (χ1v) is 6.77. The van der Waals surface area contributed by atoms with E-state index in [4.69, 9.17) is 4.74 Å². The first-order valence-electron chi connectivity index (χ1n) is 5.89. The number of ether oxygens (including phenoxy) is 1. The molecule has 0 saturated carbocycles. The first-order chi connectivity index (χ1) is 7.77. The maximum atomic E-state index is 5.20. The summed E-state index contributed by atoms with van der Waals surface area (Å²) in [6.07, 6.45) is 3.44. The van der Waals surface area contributed by atoms with Crippen molar-refractivity contribution in [3.05, 3.63) is 16.1 Å². The molecule has 0 saturated heterocycles. The van der Waals surface area contributed by atoms with Crippen molar-refractivity contribution in [2.24, 2.45) is 0 Å². The summed E-state index contributed by atoms with van der Waals surface area (Å²) in [5.41, 5.74) is 3.09. The molecular formula is C12H22N2OS. The van der Waals surface area contributed by atoms with E-state index in [1.165, 1.54) is 23.4 Å². The van der Waals surface area contributed by atoms with Crippen LogP contribution in [-0.4, -0.2) is 31.3 Å². The van der Waals surface area contributed by atoms with Crippen LogP contribution in [0.3, 0.4) is 0 Å². The Bertz CT molecular complexity index is 282. The zero-order valence-corrected chi connectivity index (χ0v) is 11.3. The van der Waals surface area contributed by atoms with E-state index in [0.717, 1.165) is 19.6 Å². The van der Waals surface area contributed by atoms with Crippen molar-refractivity contribution in [3.8, 4) is 0 Å². The van der Waals surface area contributed by atoms with Crippen molar-refractivity contribution in [3.63, 3.8) is 0 Å². The summed E-state index contributed by atoms with van der Waals surface area (Å²) in [4.78, 5) is 5.64. The van der Waals surface area contributed by atoms with E-state index in [0.29, 0.717) is 6.04 Å². The maximum Gasteiger partial charge on any atom is 0.0797 e. The fraction of sp³-hybridized carbons (Fsp3) is 0.750. The molecule has 0 aliphatic heterocycles. The van der Waals surface area contributed by atoms with E-state index in [-0.39, 0.29) is 0 Å². The van der Waals surface area contributed by atoms with Gasteiger partial charge < -0.3 is 10.1 Å². The molecule has 0 spiro atoms. The molecule has 1 aromatic rings. The Morgan fingerprint density at radius 3 is 2.94 bits per heavy atom. The third-order valence-corrected chi connectivity index (χ3v) is 3.63. The number of nitrogens with zero attached hydrogens (tertiary/aromatic N) is 1. The fourth-order valence-electron chi connectivity index (χ4n) is 1.75. The maximum absolute atomic E-state index is 5.20. The molecule has 0 fully saturated rings. The molecule has 0 amide bonds. The van der Waals surface area contributed by atoms with Crippen molar-refractivity contribution < 1.29 is 4.74 Å². The highest BCUT2D eigenvalue weighted by Crippen LogP contribution is 2.12. The van der Waals surface area contributed by atoms with Crippen LogP contribution in [0.5, 0.6) is 0 Å². The number of rotatable bonds is 8. The molecular weight excluding hydrogens is 220 g/mol. The third-order valence-electron chi connectivity index (χ3n) is 2.63. The topological polar surface area (TPSA) is 34.1 Å². The van der Waals surface area contributed by atoms with Crippen LogP contribution in [0.15, 0.2) is 5.51 Å². The SMILES string of the molecule is CCCC(COC)NCCc1scnc1C. The smallest absolute Gasteiger partial charge is 0.0797 e. The Kier molecular flexibility index (Phi) is 6.61. The molecule has 1 rings (SSSR count). The van der Waals surface area contributed by atoms with Gasteiger partial charge in [0.1, 0.15) is 0 Å². The standard InChI is InChI=1S/C12H22N2OS/c1-4-5-11(8-15-3)13-7-6-12-10(2)14-9-16-12/h9,11,13H,4-8H2,1-3H3. The second-order valence-corrected chi connectivity index (χ2v) is 4.95. The Morgan fingerprint density at radius 2 is 2.38 bits per heavy atom. The van der Waals surface area contributed by atoms with E-state index < -0.39 is 0 Å². The largest absolute Gasteiger partial charge is 0.383 e. The van der Waals surface area contributed by atoms with Crippen LogP contribution in [0.25, 0.3) is 0 Å². The lowest BCUT2D eigenvalue weighted by atomic mass is 10.2. The highest BCUT2D eigenvalue weighted by atomic mass is 32.1. The normalized spacial score (nSPS) is 12.9. The molecule has 0 aliphatic carbocycles. The van der Waals surface area contributed by atoms with Crippen LogP contribution in [0.4, 0.5) is 0 Å². The number of thiazole rings is 1. The molecule has 1 unspecified atom stereocenters. The first kappa shape index (κ1) is 13.6. The monoisotopic (exact) mass is 242 g/mol. The van der Waals surface area contributed by atoms with Crippen LogP contribution in [0.1, 0.15) is 30.3 Å². The van der Waals surface area contributed by atoms with E-state index >= 15 is 0 Å². The number of hydrogen-bond donors (Lipinski definition) is 1. The van der Waals surface area contributed by atoms with Crippen LogP contribution in [0.2, 0.25) is 0 Å². The highest BCUT2D eigenvalue weighted by Gasteiger charge is 2.07. The molecule has 4 heteroatoms. The van der Waals surface area contributed by atoms with Gasteiger partial charge in [0.2, 0.25) is 0 Å². The number of aromatic nitrogens is 1. The number of hydrogen-bond acceptors (Lipinski definition) is 4. The summed E-state index contributed by atoms with van der Waals surface area (Å²) in [6, 6.07) is 0.489. The number of aryl methyl sites for hydroxylation is 1. The Labute approximate surface area is 102 Å². The molecule has 1 aromatic heterocycles. The van der Waals surface area contributed by atoms with Gasteiger partial charge in [-0.05, 0) is 19.8 Å². The molecule has 0 radical (unpaired) electrons. The summed E-state index contributed by atoms with van der Waals surface area (Å²) >= 11 is 1.75. The van der Waals surface area contributed by atoms with Crippen molar-refractivity contribution in [1.29, 1.82) is 0 Å². The van der Waals surface area contributed by atoms with E-state index in [9.17, 15) is 0 Å². The second kappa shape index (κ2) is 7.76. The predicted octanol–water partition coefficient (Wildman–Crippen LogP) is 2.40. The van der Waals surface area contributed by atoms with Gasteiger partial charge in [-0.25, -0.2) is 4.98 Å². The molecule has 0 aliphatic rings. The molecule has 0 aromatic carbocycles. The lowest BCUT2D eigenvalue weighted by molar-refractivity contribution is 0.162. The predicted molar refractivity (Wildman–Crippen MR) is 69.1 cm³/mol. The van der Waals surface area contributed by atoms with Crippen LogP contribution >= 0.6 is 11.3 Å². The van der Waals surface area contributed by atoms with Crippen molar-refractivity contribution >= 4 is 11.3 Å². The van der Waals surface area contributed by atoms with Gasteiger partial charge in [-0.1, -0.05) is 13.3 Å². The van der Waals surface area contributed by atoms with Crippen molar-refractivity contribution in [1.82, 2.24) is 10.3 Å². The molecule has 16 heavy (non-hydrogen) atoms. The van der Waals surface area contributed by atoms with Gasteiger partial charge in [-0.2, -0.15) is 0 Å². The van der Waals surface area contributed by atoms with Gasteiger partial charge in [0, 0.05) is 24.6 Å². The molecule has 1 heterocycles. The summed E-state index contributed by atoms with van der Waals surface area (Å²) in [6.45, 7) is 6.09. The van der Waals surface area contributed by atoms with E-state index in [1.54, 1.807) is 18.4 Å². The van der Waals surface area contributed by atoms with Crippen molar-refractivity contribution in [2.45, 2.75) is 39.2 Å². The number of nitrogens with one attached hydrogen (secondary N) is 1. The zero-order chi connectivity index (χ0) is 11.8. The third kappa shape index (κ3) is 4.60. The number of methoxy groups -OCH3 is 1. The quantitative estimate of drug-likeness (QED) is 0.760. The molecule has 1 atom stereocenters. The highest BCUT2D eigenvalue weighted by molar-refractivity contribution is 7.09. The van der Waals surface area contributed by atoms with Crippen LogP contribution < -0.4 is 5.32 Å². The van der Waals surface area contributed by atoms with E-state index in [2.05, 4.69) is 24.1 Å². The summed E-state index contributed by atoms with van der Waals surface area (Å²) in [5, 5.41) is 3.54. The lowest BCUT2D eigenvalue weighted by Gasteiger charge is -2.16. The van der Waals surface area contributed by atoms with Gasteiger partial charge in [0.15, 0.2) is 0 Å². The molecule has 92 valence electrons. The Balaban J connectivity index is 2.24. The summed E-state index contributed by atoms with van der Waals surface area (Å²) in [5.74, 6) is 0. The van der Waals surface area contributed by atoms with E-state index in [1.807, 2.05) is 5.51 Å². The van der Waals surface area contributed by atoms with Gasteiger partial charge in [0.25, 0.3) is 0 Å². The minimum atomic E-state index is 0.489. The minimum absolute atomic E-state index is 0.489. The zero-order valence-electron chi connectivity index (χ0n) is 10.5. The van der Waals surface area contributed by atoms with Gasteiger partial charge in [-0.15, -0.1) is 11.3 Å². The molecule has 0 bridgehead atoms. The van der Waals surface area contributed by atoms with Gasteiger partial charge >= 0.3 is 0 Å². The summed E-state index contributed by atoms with van der Waals surface area (Å²) < 4.78 is 5.20. The Hall–Kier alpha value is -0.450.